The van der Waals surface area contributed by atoms with E-state index in [-0.39, 0.29) is 18.9 Å². The molecule has 1 saturated heterocycles. The Morgan fingerprint density at radius 1 is 0.714 bits per heavy atom. The number of rotatable bonds is 14. The van der Waals surface area contributed by atoms with Crippen molar-refractivity contribution in [3.05, 3.63) is 0 Å². The van der Waals surface area contributed by atoms with Crippen LogP contribution in [0.5, 0.6) is 0 Å². The molecule has 0 aromatic heterocycles. The zero-order valence-corrected chi connectivity index (χ0v) is 21.3. The summed E-state index contributed by atoms with van der Waals surface area (Å²) in [5.41, 5.74) is 0. The maximum Gasteiger partial charge on any atom is 0.305 e. The average Bonchev–Trinajstić information content (AvgIpc) is 2.74. The van der Waals surface area contributed by atoms with Crippen molar-refractivity contribution in [3.63, 3.8) is 0 Å². The van der Waals surface area contributed by atoms with Gasteiger partial charge in [-0.05, 0) is 6.42 Å². The lowest BCUT2D eigenvalue weighted by atomic mass is 9.95. The molecule has 1 aliphatic rings. The van der Waals surface area contributed by atoms with E-state index in [9.17, 15) is 24.0 Å². The molecular weight excluding hydrogens is 462 g/mol. The molecule has 1 aliphatic heterocycles. The number of ether oxygens (including phenoxy) is 5. The summed E-state index contributed by atoms with van der Waals surface area (Å²) in [4.78, 5) is 59.4. The van der Waals surface area contributed by atoms with Gasteiger partial charge in [-0.2, -0.15) is 0 Å². The van der Waals surface area contributed by atoms with Crippen LogP contribution in [0.15, 0.2) is 0 Å². The fraction of sp³-hybridized carbons (Fsp3) is 0.792. The Balaban J connectivity index is 3.02. The second-order valence-electron chi connectivity index (χ2n) is 8.57. The number of nitrogens with one attached hydrogen (secondary N) is 1. The van der Waals surface area contributed by atoms with Crippen molar-refractivity contribution >= 4 is 29.8 Å². The van der Waals surface area contributed by atoms with E-state index >= 15 is 0 Å². The van der Waals surface area contributed by atoms with Crippen molar-refractivity contribution in [2.24, 2.45) is 0 Å². The molecule has 0 aromatic rings. The van der Waals surface area contributed by atoms with Crippen LogP contribution in [0.1, 0.15) is 86.0 Å². The Bertz CT molecular complexity index is 725. The van der Waals surface area contributed by atoms with Crippen molar-refractivity contribution < 1.29 is 47.7 Å². The van der Waals surface area contributed by atoms with E-state index in [1.807, 2.05) is 0 Å². The fourth-order valence-electron chi connectivity index (χ4n) is 3.82. The monoisotopic (exact) mass is 501 g/mol. The van der Waals surface area contributed by atoms with Crippen LogP contribution in [0.2, 0.25) is 0 Å². The van der Waals surface area contributed by atoms with Gasteiger partial charge in [0.2, 0.25) is 12.2 Å². The van der Waals surface area contributed by atoms with Gasteiger partial charge in [-0.25, -0.2) is 0 Å². The summed E-state index contributed by atoms with van der Waals surface area (Å²) in [6.45, 7) is 6.43. The molecule has 0 aliphatic carbocycles. The molecule has 1 heterocycles. The third-order valence-corrected chi connectivity index (χ3v) is 5.32. The van der Waals surface area contributed by atoms with Crippen LogP contribution < -0.4 is 5.32 Å². The molecular formula is C24H39NO10. The maximum atomic E-state index is 12.7. The third-order valence-electron chi connectivity index (χ3n) is 5.32. The second-order valence-corrected chi connectivity index (χ2v) is 8.57. The fourth-order valence-corrected chi connectivity index (χ4v) is 3.82. The normalized spacial score (nSPS) is 23.6. The Kier molecular flexibility index (Phi) is 13.9. The van der Waals surface area contributed by atoms with E-state index in [4.69, 9.17) is 23.7 Å². The van der Waals surface area contributed by atoms with E-state index in [0.29, 0.717) is 6.42 Å². The van der Waals surface area contributed by atoms with Gasteiger partial charge in [0.1, 0.15) is 18.8 Å². The summed E-state index contributed by atoms with van der Waals surface area (Å²) in [6, 6.07) is -1.15. The van der Waals surface area contributed by atoms with Crippen molar-refractivity contribution in [2.45, 2.75) is 117 Å². The second kappa shape index (κ2) is 16.1. The lowest BCUT2D eigenvalue weighted by molar-refractivity contribution is -0.271. The minimum atomic E-state index is -1.37. The quantitative estimate of drug-likeness (QED) is 0.214. The minimum Gasteiger partial charge on any atom is -0.463 e. The Hall–Kier alpha value is -2.69. The van der Waals surface area contributed by atoms with Crippen molar-refractivity contribution in [1.29, 1.82) is 0 Å². The first-order valence-electron chi connectivity index (χ1n) is 12.1. The molecule has 1 N–H and O–H groups in total. The predicted octanol–water partition coefficient (Wildman–Crippen LogP) is 2.33. The summed E-state index contributed by atoms with van der Waals surface area (Å²) < 4.78 is 26.7. The first kappa shape index (κ1) is 30.3. The minimum absolute atomic E-state index is 0.207. The molecule has 5 atom stereocenters. The molecule has 0 aromatic carbocycles. The standard InChI is InChI=1S/C24H39NO10/c1-6-7-8-9-10-11-12-13-20(30)25-21-23(33-17(4)28)22(32-16(3)27)19(14-31-15(2)26)35-24(21)34-18(5)29/h19,21-24H,6-14H2,1-5H3,(H,25,30)/t19-,21-,22-,23-,24-/m1/s1. The molecule has 1 amide bonds. The lowest BCUT2D eigenvalue weighted by Crippen LogP contribution is -2.67. The van der Waals surface area contributed by atoms with E-state index in [2.05, 4.69) is 12.2 Å². The van der Waals surface area contributed by atoms with Gasteiger partial charge in [0.05, 0.1) is 0 Å². The zero-order chi connectivity index (χ0) is 26.4. The highest BCUT2D eigenvalue weighted by atomic mass is 16.7. The molecule has 35 heavy (non-hydrogen) atoms. The van der Waals surface area contributed by atoms with Crippen LogP contribution in [-0.2, 0) is 47.7 Å². The van der Waals surface area contributed by atoms with E-state index in [1.165, 1.54) is 19.8 Å². The molecule has 0 radical (unpaired) electrons. The summed E-state index contributed by atoms with van der Waals surface area (Å²) in [5.74, 6) is -3.11. The number of hydrogen-bond donors (Lipinski definition) is 1. The maximum absolute atomic E-state index is 12.7. The van der Waals surface area contributed by atoms with Crippen molar-refractivity contribution in [3.8, 4) is 0 Å². The van der Waals surface area contributed by atoms with Crippen LogP contribution in [0.25, 0.3) is 0 Å². The van der Waals surface area contributed by atoms with Crippen LogP contribution in [0, 0.1) is 0 Å². The highest BCUT2D eigenvalue weighted by molar-refractivity contribution is 5.76. The van der Waals surface area contributed by atoms with E-state index < -0.39 is 54.5 Å². The van der Waals surface area contributed by atoms with Crippen molar-refractivity contribution in [2.75, 3.05) is 6.61 Å². The number of amides is 1. The van der Waals surface area contributed by atoms with Gasteiger partial charge in [0.25, 0.3) is 0 Å². The summed E-state index contributed by atoms with van der Waals surface area (Å²) >= 11 is 0. The molecule has 0 unspecified atom stereocenters. The zero-order valence-electron chi connectivity index (χ0n) is 21.3. The van der Waals surface area contributed by atoms with Gasteiger partial charge in [0, 0.05) is 34.1 Å². The highest BCUT2D eigenvalue weighted by Crippen LogP contribution is 2.28. The molecule has 0 bridgehead atoms. The number of hydrogen-bond acceptors (Lipinski definition) is 10. The molecule has 1 rings (SSSR count). The summed E-state index contributed by atoms with van der Waals surface area (Å²) in [6.07, 6.45) is 2.44. The molecule has 0 saturated carbocycles. The van der Waals surface area contributed by atoms with Crippen LogP contribution in [-0.4, -0.2) is 67.0 Å². The number of unbranched alkanes of at least 4 members (excludes halogenated alkanes) is 6. The molecule has 11 heteroatoms. The third kappa shape index (κ3) is 12.0. The first-order chi connectivity index (χ1) is 16.5. The Morgan fingerprint density at radius 2 is 1.26 bits per heavy atom. The largest absolute Gasteiger partial charge is 0.463 e. The first-order valence-corrected chi connectivity index (χ1v) is 12.1. The van der Waals surface area contributed by atoms with Crippen molar-refractivity contribution in [1.82, 2.24) is 5.32 Å². The van der Waals surface area contributed by atoms with Crippen LogP contribution in [0.4, 0.5) is 0 Å². The van der Waals surface area contributed by atoms with E-state index in [0.717, 1.165) is 46.5 Å². The van der Waals surface area contributed by atoms with Gasteiger partial charge in [-0.1, -0.05) is 45.4 Å². The lowest BCUT2D eigenvalue weighted by Gasteiger charge is -2.44. The van der Waals surface area contributed by atoms with Crippen LogP contribution >= 0.6 is 0 Å². The Labute approximate surface area is 206 Å². The summed E-state index contributed by atoms with van der Waals surface area (Å²) in [5, 5.41) is 2.71. The highest BCUT2D eigenvalue weighted by Gasteiger charge is 2.52. The SMILES string of the molecule is CCCCCCCCCC(=O)N[C@H]1[C@H](OC(C)=O)O[C@H](COC(C)=O)[C@@H](OC(C)=O)[C@@H]1OC(C)=O. The van der Waals surface area contributed by atoms with Gasteiger partial charge >= 0.3 is 23.9 Å². The van der Waals surface area contributed by atoms with Gasteiger partial charge in [-0.3, -0.25) is 24.0 Å². The van der Waals surface area contributed by atoms with Gasteiger partial charge < -0.3 is 29.0 Å². The van der Waals surface area contributed by atoms with E-state index in [1.54, 1.807) is 0 Å². The number of esters is 4. The van der Waals surface area contributed by atoms with Gasteiger partial charge in [0.15, 0.2) is 12.2 Å². The smallest absolute Gasteiger partial charge is 0.305 e. The van der Waals surface area contributed by atoms with Gasteiger partial charge in [-0.15, -0.1) is 0 Å². The summed E-state index contributed by atoms with van der Waals surface area (Å²) in [7, 11) is 0. The Morgan fingerprint density at radius 3 is 1.80 bits per heavy atom. The molecule has 1 fully saturated rings. The molecule has 200 valence electrons. The topological polar surface area (TPSA) is 144 Å². The molecule has 0 spiro atoms. The van der Waals surface area contributed by atoms with Crippen LogP contribution in [0.3, 0.4) is 0 Å². The number of carbonyl (C=O) groups excluding carboxylic acids is 5. The average molecular weight is 502 g/mol. The molecule has 11 nitrogen and oxygen atoms in total. The predicted molar refractivity (Wildman–Crippen MR) is 123 cm³/mol. The number of carbonyl (C=O) groups is 5.